The molecule has 0 aromatic heterocycles. The van der Waals surface area contributed by atoms with Crippen molar-refractivity contribution in [2.45, 2.75) is 31.5 Å². The fraction of sp³-hybridized carbons (Fsp3) is 0.455. The Kier molecular flexibility index (Phi) is 2.70. The average molecular weight is 193 g/mol. The zero-order valence-corrected chi connectivity index (χ0v) is 7.98. The smallest absolute Gasteiger partial charge is 0.115 e. The summed E-state index contributed by atoms with van der Waals surface area (Å²) in [6, 6.07) is 7.37. The number of aliphatic hydroxyl groups is 1. The van der Waals surface area contributed by atoms with Crippen molar-refractivity contribution in [2.24, 2.45) is 0 Å². The van der Waals surface area contributed by atoms with Gasteiger partial charge in [0, 0.05) is 6.04 Å². The number of phenols is 1. The van der Waals surface area contributed by atoms with E-state index in [4.69, 9.17) is 5.11 Å². The second-order valence-corrected chi connectivity index (χ2v) is 3.76. The van der Waals surface area contributed by atoms with Gasteiger partial charge in [-0.25, -0.2) is 0 Å². The number of hydrogen-bond donors (Lipinski definition) is 3. The minimum absolute atomic E-state index is 0.222. The molecule has 1 aliphatic rings. The molecule has 14 heavy (non-hydrogen) atoms. The molecule has 3 heteroatoms. The Labute approximate surface area is 83.4 Å². The van der Waals surface area contributed by atoms with Crippen molar-refractivity contribution in [3.8, 4) is 5.75 Å². The van der Waals surface area contributed by atoms with Crippen LogP contribution in [-0.2, 0) is 0 Å². The first-order valence-corrected chi connectivity index (χ1v) is 4.99. The maximum Gasteiger partial charge on any atom is 0.115 e. The van der Waals surface area contributed by atoms with E-state index in [1.165, 1.54) is 0 Å². The molecule has 2 unspecified atom stereocenters. The molecule has 0 aliphatic carbocycles. The van der Waals surface area contributed by atoms with E-state index in [-0.39, 0.29) is 18.0 Å². The highest BCUT2D eigenvalue weighted by Crippen LogP contribution is 2.25. The number of aliphatic hydroxyl groups excluding tert-OH is 1. The largest absolute Gasteiger partial charge is 0.508 e. The van der Waals surface area contributed by atoms with Crippen LogP contribution in [0.25, 0.3) is 0 Å². The van der Waals surface area contributed by atoms with Gasteiger partial charge < -0.3 is 10.2 Å². The lowest BCUT2D eigenvalue weighted by Gasteiger charge is -2.28. The highest BCUT2D eigenvalue weighted by Gasteiger charge is 2.19. The van der Waals surface area contributed by atoms with Crippen LogP contribution in [0, 0.1) is 0 Å². The third kappa shape index (κ3) is 2.05. The van der Waals surface area contributed by atoms with Crippen molar-refractivity contribution in [1.29, 1.82) is 0 Å². The van der Waals surface area contributed by atoms with E-state index in [1.54, 1.807) is 12.1 Å². The van der Waals surface area contributed by atoms with E-state index in [9.17, 15) is 5.11 Å². The number of nitrogens with one attached hydrogen (secondary N) is 1. The fourth-order valence-electron chi connectivity index (χ4n) is 1.88. The van der Waals surface area contributed by atoms with Gasteiger partial charge in [-0.15, -0.1) is 0 Å². The maximum atomic E-state index is 9.44. The molecule has 3 nitrogen and oxygen atoms in total. The van der Waals surface area contributed by atoms with Crippen molar-refractivity contribution < 1.29 is 10.2 Å². The molecule has 2 atom stereocenters. The summed E-state index contributed by atoms with van der Waals surface area (Å²) in [4.78, 5) is 0. The minimum atomic E-state index is -0.387. The highest BCUT2D eigenvalue weighted by molar-refractivity contribution is 5.28. The molecule has 3 N–H and O–H groups in total. The third-order valence-electron chi connectivity index (χ3n) is 2.66. The second kappa shape index (κ2) is 3.98. The molecule has 2 rings (SSSR count). The number of benzene rings is 1. The molecule has 0 saturated carbocycles. The predicted octanol–water partition coefficient (Wildman–Crippen LogP) is 1.53. The topological polar surface area (TPSA) is 52.5 Å². The zero-order chi connectivity index (χ0) is 9.97. The summed E-state index contributed by atoms with van der Waals surface area (Å²) >= 11 is 0. The quantitative estimate of drug-likeness (QED) is 0.634. The van der Waals surface area contributed by atoms with Crippen LogP contribution in [-0.4, -0.2) is 16.4 Å². The van der Waals surface area contributed by atoms with E-state index < -0.39 is 0 Å². The number of hydrogen-bond acceptors (Lipinski definition) is 3. The lowest BCUT2D eigenvalue weighted by atomic mass is 9.97. The molecular weight excluding hydrogens is 178 g/mol. The summed E-state index contributed by atoms with van der Waals surface area (Å²) in [5, 5.41) is 21.7. The number of piperidine rings is 1. The molecule has 76 valence electrons. The van der Waals surface area contributed by atoms with Crippen LogP contribution in [0.4, 0.5) is 0 Å². The zero-order valence-electron chi connectivity index (χ0n) is 7.98. The van der Waals surface area contributed by atoms with Gasteiger partial charge >= 0.3 is 0 Å². The summed E-state index contributed by atoms with van der Waals surface area (Å²) in [5.74, 6) is 0.283. The Morgan fingerprint density at radius 1 is 1.14 bits per heavy atom. The van der Waals surface area contributed by atoms with E-state index in [1.807, 2.05) is 12.1 Å². The van der Waals surface area contributed by atoms with Crippen molar-refractivity contribution >= 4 is 0 Å². The van der Waals surface area contributed by atoms with Gasteiger partial charge in [0.1, 0.15) is 12.0 Å². The molecule has 1 saturated heterocycles. The Morgan fingerprint density at radius 2 is 1.86 bits per heavy atom. The molecular formula is C11H15NO2. The lowest BCUT2D eigenvalue weighted by molar-refractivity contribution is 0.0852. The summed E-state index contributed by atoms with van der Waals surface area (Å²) in [5.41, 5.74) is 1.13. The average Bonchev–Trinajstić information content (AvgIpc) is 2.19. The standard InChI is InChI=1S/C11H15NO2/c13-9-6-4-8(5-7-9)10-2-1-3-11(14)12-10/h4-7,10-14H,1-3H2. The number of phenolic OH excluding ortho intramolecular Hbond substituents is 1. The highest BCUT2D eigenvalue weighted by atomic mass is 16.3. The first-order valence-electron chi connectivity index (χ1n) is 4.99. The summed E-state index contributed by atoms with van der Waals surface area (Å²) in [7, 11) is 0. The Morgan fingerprint density at radius 3 is 2.50 bits per heavy atom. The molecule has 0 amide bonds. The Hall–Kier alpha value is -1.06. The van der Waals surface area contributed by atoms with Gasteiger partial charge in [-0.05, 0) is 37.0 Å². The molecule has 1 fully saturated rings. The van der Waals surface area contributed by atoms with Crippen molar-refractivity contribution in [2.75, 3.05) is 0 Å². The Balaban J connectivity index is 2.10. The van der Waals surface area contributed by atoms with Crippen LogP contribution < -0.4 is 5.32 Å². The summed E-state index contributed by atoms with van der Waals surface area (Å²) in [6.45, 7) is 0. The Bertz CT molecular complexity index is 297. The van der Waals surface area contributed by atoms with E-state index in [0.717, 1.165) is 24.8 Å². The monoisotopic (exact) mass is 193 g/mol. The van der Waals surface area contributed by atoms with E-state index in [2.05, 4.69) is 5.32 Å². The van der Waals surface area contributed by atoms with Gasteiger partial charge in [0.2, 0.25) is 0 Å². The molecule has 1 aromatic carbocycles. The summed E-state index contributed by atoms with van der Waals surface area (Å²) in [6.07, 6.45) is 2.53. The summed E-state index contributed by atoms with van der Waals surface area (Å²) < 4.78 is 0. The molecule has 0 radical (unpaired) electrons. The molecule has 0 bridgehead atoms. The van der Waals surface area contributed by atoms with Crippen LogP contribution in [0.3, 0.4) is 0 Å². The fourth-order valence-corrected chi connectivity index (χ4v) is 1.88. The first-order chi connectivity index (χ1) is 6.75. The van der Waals surface area contributed by atoms with Gasteiger partial charge in [-0.3, -0.25) is 5.32 Å². The lowest BCUT2D eigenvalue weighted by Crippen LogP contribution is -2.36. The molecule has 1 aromatic rings. The minimum Gasteiger partial charge on any atom is -0.508 e. The number of rotatable bonds is 1. The van der Waals surface area contributed by atoms with Crippen molar-refractivity contribution in [1.82, 2.24) is 5.32 Å². The van der Waals surface area contributed by atoms with Crippen LogP contribution in [0.15, 0.2) is 24.3 Å². The first kappa shape index (κ1) is 9.49. The molecule has 0 spiro atoms. The van der Waals surface area contributed by atoms with Crippen molar-refractivity contribution in [3.05, 3.63) is 29.8 Å². The van der Waals surface area contributed by atoms with E-state index in [0.29, 0.717) is 0 Å². The SMILES string of the molecule is Oc1ccc(C2CCCC(O)N2)cc1. The third-order valence-corrected chi connectivity index (χ3v) is 2.66. The van der Waals surface area contributed by atoms with Crippen LogP contribution >= 0.6 is 0 Å². The van der Waals surface area contributed by atoms with Crippen LogP contribution in [0.2, 0.25) is 0 Å². The molecule has 1 heterocycles. The second-order valence-electron chi connectivity index (χ2n) is 3.76. The van der Waals surface area contributed by atoms with Gasteiger partial charge in [0.05, 0.1) is 0 Å². The number of aromatic hydroxyl groups is 1. The maximum absolute atomic E-state index is 9.44. The van der Waals surface area contributed by atoms with Gasteiger partial charge in [0.25, 0.3) is 0 Å². The predicted molar refractivity (Wildman–Crippen MR) is 53.8 cm³/mol. The van der Waals surface area contributed by atoms with Crippen molar-refractivity contribution in [3.63, 3.8) is 0 Å². The normalized spacial score (nSPS) is 27.5. The van der Waals surface area contributed by atoms with Crippen LogP contribution in [0.1, 0.15) is 30.9 Å². The van der Waals surface area contributed by atoms with Crippen LogP contribution in [0.5, 0.6) is 5.75 Å². The molecule has 1 aliphatic heterocycles. The van der Waals surface area contributed by atoms with Gasteiger partial charge in [0.15, 0.2) is 0 Å². The van der Waals surface area contributed by atoms with E-state index >= 15 is 0 Å². The van der Waals surface area contributed by atoms with Gasteiger partial charge in [-0.2, -0.15) is 0 Å². The van der Waals surface area contributed by atoms with Gasteiger partial charge in [-0.1, -0.05) is 12.1 Å².